The van der Waals surface area contributed by atoms with Crippen molar-refractivity contribution >= 4 is 52.5 Å². The number of methoxy groups -OCH3 is 1. The molecule has 4 aliphatic heterocycles. The molecule has 348 valence electrons. The maximum Gasteiger partial charge on any atom is 0.251 e. The summed E-state index contributed by atoms with van der Waals surface area (Å²) in [6, 6.07) is 7.81. The third-order valence-electron chi connectivity index (χ3n) is 15.2. The van der Waals surface area contributed by atoms with E-state index < -0.39 is 34.9 Å². The monoisotopic (exact) mass is 897 g/mol. The van der Waals surface area contributed by atoms with Crippen LogP contribution in [0.2, 0.25) is 0 Å². The first-order valence-corrected chi connectivity index (χ1v) is 23.5. The normalized spacial score (nSPS) is 23.4. The number of fused-ring (bicyclic) bond motifs is 1. The van der Waals surface area contributed by atoms with Crippen molar-refractivity contribution in [3.63, 3.8) is 0 Å². The van der Waals surface area contributed by atoms with E-state index in [0.717, 1.165) is 83.8 Å². The third-order valence-corrected chi connectivity index (χ3v) is 15.2. The molecule has 65 heavy (non-hydrogen) atoms. The molecule has 9 rings (SSSR count). The van der Waals surface area contributed by atoms with E-state index in [1.54, 1.807) is 31.5 Å². The number of likely N-dealkylation sites (tertiary alicyclic amines) is 1. The first-order valence-electron chi connectivity index (χ1n) is 23.5. The molecular formula is C48H61F2N9O6. The molecule has 0 radical (unpaired) electrons. The molecule has 5 N–H and O–H groups in total. The molecule has 4 amide bonds. The number of hydrogen-bond acceptors (Lipinski definition) is 12. The SMILES string of the molecule is CC[C@@H]1C(=O)Nc2cnc(Nc3ccc(C(=O)NC4(CCO)CC5(CCN(CC6CCN(c7cc(F)c(C8CCC(=O)NC8=O)c(F)c7)CC6)CC5)C4)cc3OC)nc2N1C1CCCC1. The molecule has 5 heterocycles. The molecule has 3 aromatic rings. The molecule has 1 aromatic heterocycles. The number of anilines is 5. The van der Waals surface area contributed by atoms with E-state index in [2.05, 4.69) is 36.1 Å². The van der Waals surface area contributed by atoms with Gasteiger partial charge in [0.15, 0.2) is 5.82 Å². The number of amides is 4. The van der Waals surface area contributed by atoms with Gasteiger partial charge in [-0.05, 0) is 125 Å². The molecule has 1 spiro atoms. The van der Waals surface area contributed by atoms with Gasteiger partial charge in [-0.2, -0.15) is 4.98 Å². The van der Waals surface area contributed by atoms with E-state index in [9.17, 15) is 24.3 Å². The van der Waals surface area contributed by atoms with Gasteiger partial charge in [0.1, 0.15) is 29.1 Å². The number of nitrogens with one attached hydrogen (secondary N) is 4. The zero-order chi connectivity index (χ0) is 45.5. The van der Waals surface area contributed by atoms with Gasteiger partial charge in [-0.25, -0.2) is 13.8 Å². The fraction of sp³-hybridized carbons (Fsp3) is 0.583. The zero-order valence-corrected chi connectivity index (χ0v) is 37.4. The highest BCUT2D eigenvalue weighted by molar-refractivity contribution is 6.03. The Hall–Kier alpha value is -5.42. The predicted molar refractivity (Wildman–Crippen MR) is 241 cm³/mol. The molecule has 2 saturated carbocycles. The Morgan fingerprint density at radius 2 is 1.68 bits per heavy atom. The van der Waals surface area contributed by atoms with Gasteiger partial charge in [-0.15, -0.1) is 0 Å². The molecule has 5 fully saturated rings. The van der Waals surface area contributed by atoms with Crippen molar-refractivity contribution in [2.45, 2.75) is 120 Å². The van der Waals surface area contributed by atoms with E-state index in [0.29, 0.717) is 72.0 Å². The molecule has 2 atom stereocenters. The maximum atomic E-state index is 15.2. The van der Waals surface area contributed by atoms with Gasteiger partial charge in [0.2, 0.25) is 23.7 Å². The second kappa shape index (κ2) is 18.5. The number of halogens is 2. The fourth-order valence-electron chi connectivity index (χ4n) is 11.9. The van der Waals surface area contributed by atoms with E-state index in [-0.39, 0.29) is 54.3 Å². The average Bonchev–Trinajstić information content (AvgIpc) is 3.82. The lowest BCUT2D eigenvalue weighted by Crippen LogP contribution is -2.64. The number of carbonyl (C=O) groups is 4. The number of benzene rings is 2. The van der Waals surface area contributed by atoms with Crippen LogP contribution in [0.4, 0.5) is 37.6 Å². The standard InChI is InChI=1S/C48H61F2N9O6/c1-3-38-45(64)52-37-25-51-46(55-42(37)59(38)31-6-4-5-7-31)53-36-10-8-30(22-39(36)65-2)43(62)56-48(16-21-60)27-47(28-48)14-19-57(20-15-47)26-29-12-17-58(18-13-29)32-23-34(49)41(35(50)24-32)33-9-11-40(61)54-44(33)63/h8,10,22-25,29,31,33,38,60H,3-7,9,11-21,26-28H2,1-2H3,(H,52,64)(H,56,62)(H,51,53,55)(H,54,61,63)/t33?,38-/m1/s1. The number of aromatic nitrogens is 2. The fourth-order valence-corrected chi connectivity index (χ4v) is 11.9. The summed E-state index contributed by atoms with van der Waals surface area (Å²) in [4.78, 5) is 66.8. The van der Waals surface area contributed by atoms with Crippen LogP contribution < -0.4 is 35.8 Å². The Kier molecular flexibility index (Phi) is 12.7. The molecule has 1 unspecified atom stereocenters. The zero-order valence-electron chi connectivity index (χ0n) is 37.4. The Morgan fingerprint density at radius 1 is 0.954 bits per heavy atom. The summed E-state index contributed by atoms with van der Waals surface area (Å²) >= 11 is 0. The van der Waals surface area contributed by atoms with Crippen molar-refractivity contribution in [3.8, 4) is 5.75 Å². The summed E-state index contributed by atoms with van der Waals surface area (Å²) in [5, 5.41) is 21.9. The molecule has 6 aliphatic rings. The van der Waals surface area contributed by atoms with E-state index in [4.69, 9.17) is 9.72 Å². The van der Waals surface area contributed by atoms with Crippen LogP contribution in [0.1, 0.15) is 119 Å². The highest BCUT2D eigenvalue weighted by Crippen LogP contribution is 2.56. The minimum absolute atomic E-state index is 0.0295. The van der Waals surface area contributed by atoms with Crippen molar-refractivity contribution in [3.05, 3.63) is 59.3 Å². The number of ether oxygens (including phenoxy) is 1. The predicted octanol–water partition coefficient (Wildman–Crippen LogP) is 6.15. The van der Waals surface area contributed by atoms with Crippen molar-refractivity contribution in [2.24, 2.45) is 11.3 Å². The number of aliphatic hydroxyl groups is 1. The Balaban J connectivity index is 0.769. The van der Waals surface area contributed by atoms with Crippen LogP contribution in [-0.2, 0) is 14.4 Å². The molecule has 15 nitrogen and oxygen atoms in total. The molecule has 17 heteroatoms. The highest BCUT2D eigenvalue weighted by atomic mass is 19.1. The molecule has 0 bridgehead atoms. The number of hydrogen-bond donors (Lipinski definition) is 5. The van der Waals surface area contributed by atoms with Crippen LogP contribution in [0.3, 0.4) is 0 Å². The number of imide groups is 1. The quantitative estimate of drug-likeness (QED) is 0.124. The Labute approximate surface area is 378 Å². The van der Waals surface area contributed by atoms with Crippen LogP contribution in [0, 0.1) is 23.0 Å². The van der Waals surface area contributed by atoms with Gasteiger partial charge in [-0.3, -0.25) is 24.5 Å². The van der Waals surface area contributed by atoms with Crippen molar-refractivity contribution in [1.82, 2.24) is 25.5 Å². The van der Waals surface area contributed by atoms with Crippen LogP contribution in [0.25, 0.3) is 0 Å². The molecular weight excluding hydrogens is 837 g/mol. The summed E-state index contributed by atoms with van der Waals surface area (Å²) in [5.41, 5.74) is 1.43. The first-order chi connectivity index (χ1) is 31.4. The molecule has 3 saturated heterocycles. The van der Waals surface area contributed by atoms with Gasteiger partial charge in [-0.1, -0.05) is 19.8 Å². The third kappa shape index (κ3) is 9.10. The summed E-state index contributed by atoms with van der Waals surface area (Å²) in [5.74, 6) is -1.90. The summed E-state index contributed by atoms with van der Waals surface area (Å²) in [6.07, 6.45) is 12.6. The van der Waals surface area contributed by atoms with E-state index in [1.165, 1.54) is 12.1 Å². The largest absolute Gasteiger partial charge is 0.495 e. The van der Waals surface area contributed by atoms with Crippen molar-refractivity contribution in [2.75, 3.05) is 66.9 Å². The first kappa shape index (κ1) is 44.8. The van der Waals surface area contributed by atoms with Gasteiger partial charge in [0.05, 0.1) is 24.9 Å². The van der Waals surface area contributed by atoms with Gasteiger partial charge in [0, 0.05) is 61.1 Å². The lowest BCUT2D eigenvalue weighted by atomic mass is 9.52. The number of rotatable bonds is 13. The topological polar surface area (TPSA) is 181 Å². The summed E-state index contributed by atoms with van der Waals surface area (Å²) in [6.45, 7) is 6.21. The van der Waals surface area contributed by atoms with Crippen LogP contribution in [0.5, 0.6) is 5.75 Å². The smallest absolute Gasteiger partial charge is 0.251 e. The lowest BCUT2D eigenvalue weighted by Gasteiger charge is -2.59. The molecule has 2 aromatic carbocycles. The molecule has 2 aliphatic carbocycles. The van der Waals surface area contributed by atoms with Crippen LogP contribution >= 0.6 is 0 Å². The van der Waals surface area contributed by atoms with Gasteiger partial charge in [0.25, 0.3) is 5.91 Å². The van der Waals surface area contributed by atoms with Crippen molar-refractivity contribution in [1.29, 1.82) is 0 Å². The van der Waals surface area contributed by atoms with Crippen molar-refractivity contribution < 1.29 is 37.8 Å². The number of piperidine rings is 3. The second-order valence-corrected chi connectivity index (χ2v) is 19.3. The van der Waals surface area contributed by atoms with E-state index in [1.807, 2.05) is 11.8 Å². The minimum atomic E-state index is -1.02. The summed E-state index contributed by atoms with van der Waals surface area (Å²) < 4.78 is 36.2. The minimum Gasteiger partial charge on any atom is -0.495 e. The summed E-state index contributed by atoms with van der Waals surface area (Å²) in [7, 11) is 1.55. The number of nitrogens with zero attached hydrogens (tertiary/aromatic N) is 5. The number of carbonyl (C=O) groups excluding carboxylic acids is 4. The Morgan fingerprint density at radius 3 is 2.34 bits per heavy atom. The Bertz CT molecular complexity index is 2280. The van der Waals surface area contributed by atoms with Crippen LogP contribution in [0.15, 0.2) is 36.5 Å². The second-order valence-electron chi connectivity index (χ2n) is 19.3. The maximum absolute atomic E-state index is 15.2. The van der Waals surface area contributed by atoms with Crippen LogP contribution in [-0.4, -0.2) is 108 Å². The number of aliphatic hydroxyl groups excluding tert-OH is 1. The average molecular weight is 898 g/mol. The van der Waals surface area contributed by atoms with E-state index >= 15 is 8.78 Å². The highest BCUT2D eigenvalue weighted by Gasteiger charge is 2.55. The lowest BCUT2D eigenvalue weighted by molar-refractivity contribution is -0.134. The van der Waals surface area contributed by atoms with Gasteiger partial charge < -0.3 is 40.5 Å². The van der Waals surface area contributed by atoms with Gasteiger partial charge >= 0.3 is 0 Å².